The summed E-state index contributed by atoms with van der Waals surface area (Å²) in [6, 6.07) is 0.218. The molecule has 0 aliphatic carbocycles. The maximum atomic E-state index is 5.14. The molecule has 1 aromatic heterocycles. The number of guanidine groups is 1. The lowest BCUT2D eigenvalue weighted by molar-refractivity contribution is 0.179. The summed E-state index contributed by atoms with van der Waals surface area (Å²) >= 11 is 0. The summed E-state index contributed by atoms with van der Waals surface area (Å²) in [7, 11) is 3.44. The monoisotopic (exact) mass is 268 g/mol. The highest BCUT2D eigenvalue weighted by Gasteiger charge is 2.09. The molecule has 1 atom stereocenters. The molecule has 0 aromatic carbocycles. The number of rotatable bonds is 6. The highest BCUT2D eigenvalue weighted by Crippen LogP contribution is 2.11. The van der Waals surface area contributed by atoms with Crippen LogP contribution in [0.2, 0.25) is 0 Å². The first-order valence-electron chi connectivity index (χ1n) is 6.46. The first-order chi connectivity index (χ1) is 9.08. The lowest BCUT2D eigenvalue weighted by Crippen LogP contribution is -2.44. The average molecular weight is 268 g/mol. The number of hydrogen-bond acceptors (Lipinski definition) is 4. The summed E-state index contributed by atoms with van der Waals surface area (Å²) in [6.45, 7) is 7.36. The number of aryl methyl sites for hydroxylation is 2. The van der Waals surface area contributed by atoms with Gasteiger partial charge in [0.2, 0.25) is 0 Å². The van der Waals surface area contributed by atoms with Gasteiger partial charge in [-0.25, -0.2) is 0 Å². The van der Waals surface area contributed by atoms with Crippen LogP contribution in [0, 0.1) is 13.8 Å². The molecule has 0 saturated carbocycles. The van der Waals surface area contributed by atoms with Crippen LogP contribution >= 0.6 is 0 Å². The number of nitrogens with one attached hydrogen (secondary N) is 2. The molecule has 0 aliphatic heterocycles. The molecule has 0 spiro atoms. The third-order valence-electron chi connectivity index (χ3n) is 2.87. The summed E-state index contributed by atoms with van der Waals surface area (Å²) in [5.74, 6) is 1.66. The molecule has 1 rings (SSSR count). The van der Waals surface area contributed by atoms with Crippen molar-refractivity contribution in [2.75, 3.05) is 27.3 Å². The van der Waals surface area contributed by atoms with Crippen molar-refractivity contribution in [1.29, 1.82) is 0 Å². The predicted octanol–water partition coefficient (Wildman–Crippen LogP) is 1.03. The van der Waals surface area contributed by atoms with Crippen LogP contribution in [-0.4, -0.2) is 44.5 Å². The van der Waals surface area contributed by atoms with Gasteiger partial charge in [0.1, 0.15) is 5.76 Å². The highest BCUT2D eigenvalue weighted by atomic mass is 16.5. The van der Waals surface area contributed by atoms with Gasteiger partial charge in [-0.15, -0.1) is 0 Å². The fraction of sp³-hybridized carbons (Fsp3) is 0.692. The minimum atomic E-state index is 0.218. The average Bonchev–Trinajstić information content (AvgIpc) is 2.69. The van der Waals surface area contributed by atoms with Crippen molar-refractivity contribution in [3.05, 3.63) is 17.0 Å². The van der Waals surface area contributed by atoms with Crippen LogP contribution in [-0.2, 0) is 11.2 Å². The van der Waals surface area contributed by atoms with Crippen molar-refractivity contribution in [3.63, 3.8) is 0 Å². The number of aromatic nitrogens is 1. The van der Waals surface area contributed by atoms with Crippen LogP contribution in [0.5, 0.6) is 0 Å². The molecule has 6 nitrogen and oxygen atoms in total. The van der Waals surface area contributed by atoms with E-state index in [0.717, 1.165) is 35.9 Å². The van der Waals surface area contributed by atoms with Gasteiger partial charge in [0.25, 0.3) is 0 Å². The van der Waals surface area contributed by atoms with E-state index in [1.807, 2.05) is 20.8 Å². The number of hydrogen-bond donors (Lipinski definition) is 2. The SMILES string of the molecule is CN=C(NCCc1c(C)noc1C)NC(C)COC. The minimum Gasteiger partial charge on any atom is -0.383 e. The van der Waals surface area contributed by atoms with Gasteiger partial charge in [0.05, 0.1) is 12.3 Å². The number of nitrogens with zero attached hydrogens (tertiary/aromatic N) is 2. The second-order valence-corrected chi connectivity index (χ2v) is 4.55. The molecular weight excluding hydrogens is 244 g/mol. The summed E-state index contributed by atoms with van der Waals surface area (Å²) < 4.78 is 10.2. The van der Waals surface area contributed by atoms with Gasteiger partial charge in [0, 0.05) is 32.3 Å². The van der Waals surface area contributed by atoms with Crippen LogP contribution in [0.25, 0.3) is 0 Å². The fourth-order valence-corrected chi connectivity index (χ4v) is 1.88. The van der Waals surface area contributed by atoms with Crippen molar-refractivity contribution in [1.82, 2.24) is 15.8 Å². The maximum absolute atomic E-state index is 5.14. The molecule has 0 fully saturated rings. The first kappa shape index (κ1) is 15.5. The van der Waals surface area contributed by atoms with Gasteiger partial charge in [-0.1, -0.05) is 5.16 Å². The fourth-order valence-electron chi connectivity index (χ4n) is 1.88. The van der Waals surface area contributed by atoms with Crippen molar-refractivity contribution in [2.45, 2.75) is 33.2 Å². The van der Waals surface area contributed by atoms with E-state index >= 15 is 0 Å². The molecule has 0 bridgehead atoms. The number of methoxy groups -OCH3 is 1. The Bertz CT molecular complexity index is 395. The van der Waals surface area contributed by atoms with E-state index < -0.39 is 0 Å². The quantitative estimate of drug-likeness (QED) is 0.595. The van der Waals surface area contributed by atoms with E-state index in [4.69, 9.17) is 9.26 Å². The lowest BCUT2D eigenvalue weighted by atomic mass is 10.1. The maximum Gasteiger partial charge on any atom is 0.191 e. The van der Waals surface area contributed by atoms with Crippen molar-refractivity contribution in [2.24, 2.45) is 4.99 Å². The molecule has 19 heavy (non-hydrogen) atoms. The number of aliphatic imine (C=N–C) groups is 1. The zero-order valence-electron chi connectivity index (χ0n) is 12.4. The second-order valence-electron chi connectivity index (χ2n) is 4.55. The van der Waals surface area contributed by atoms with Crippen molar-refractivity contribution in [3.8, 4) is 0 Å². The summed E-state index contributed by atoms with van der Waals surface area (Å²) in [4.78, 5) is 4.17. The Balaban J connectivity index is 2.38. The molecule has 108 valence electrons. The lowest BCUT2D eigenvalue weighted by Gasteiger charge is -2.17. The van der Waals surface area contributed by atoms with E-state index in [0.29, 0.717) is 6.61 Å². The minimum absolute atomic E-state index is 0.218. The molecule has 2 N–H and O–H groups in total. The third kappa shape index (κ3) is 4.90. The molecular formula is C13H24N4O2. The Morgan fingerprint density at radius 2 is 2.21 bits per heavy atom. The summed E-state index contributed by atoms with van der Waals surface area (Å²) in [5, 5.41) is 10.5. The molecule has 6 heteroatoms. The standard InChI is InChI=1S/C13H24N4O2/c1-9(8-18-5)16-13(14-4)15-7-6-12-10(2)17-19-11(12)3/h9H,6-8H2,1-5H3,(H2,14,15,16). The van der Waals surface area contributed by atoms with Crippen molar-refractivity contribution >= 4 is 5.96 Å². The predicted molar refractivity (Wildman–Crippen MR) is 75.5 cm³/mol. The smallest absolute Gasteiger partial charge is 0.191 e. The normalized spacial score (nSPS) is 13.4. The third-order valence-corrected chi connectivity index (χ3v) is 2.87. The Labute approximate surface area is 114 Å². The highest BCUT2D eigenvalue weighted by molar-refractivity contribution is 5.79. The second kappa shape index (κ2) is 7.78. The molecule has 1 unspecified atom stereocenters. The molecule has 0 saturated heterocycles. The number of ether oxygens (including phenoxy) is 1. The topological polar surface area (TPSA) is 71.7 Å². The molecule has 0 amide bonds. The zero-order valence-corrected chi connectivity index (χ0v) is 12.4. The molecule has 0 radical (unpaired) electrons. The van der Waals surface area contributed by atoms with E-state index in [1.54, 1.807) is 14.2 Å². The Hall–Kier alpha value is -1.56. The van der Waals surface area contributed by atoms with Gasteiger partial charge in [-0.05, 0) is 27.2 Å². The van der Waals surface area contributed by atoms with Crippen LogP contribution in [0.4, 0.5) is 0 Å². The molecule has 1 aromatic rings. The molecule has 1 heterocycles. The van der Waals surface area contributed by atoms with E-state index in [1.165, 1.54) is 0 Å². The van der Waals surface area contributed by atoms with Crippen molar-refractivity contribution < 1.29 is 9.26 Å². The van der Waals surface area contributed by atoms with Crippen LogP contribution < -0.4 is 10.6 Å². The summed E-state index contributed by atoms with van der Waals surface area (Å²) in [5.41, 5.74) is 2.11. The van der Waals surface area contributed by atoms with E-state index in [9.17, 15) is 0 Å². The Morgan fingerprint density at radius 3 is 2.74 bits per heavy atom. The van der Waals surface area contributed by atoms with Gasteiger partial charge < -0.3 is 19.9 Å². The van der Waals surface area contributed by atoms with E-state index in [2.05, 4.69) is 20.8 Å². The Morgan fingerprint density at radius 1 is 1.47 bits per heavy atom. The summed E-state index contributed by atoms with van der Waals surface area (Å²) in [6.07, 6.45) is 0.862. The van der Waals surface area contributed by atoms with Crippen LogP contribution in [0.1, 0.15) is 23.9 Å². The first-order valence-corrected chi connectivity index (χ1v) is 6.46. The van der Waals surface area contributed by atoms with Crippen LogP contribution in [0.3, 0.4) is 0 Å². The molecule has 0 aliphatic rings. The largest absolute Gasteiger partial charge is 0.383 e. The zero-order chi connectivity index (χ0) is 14.3. The van der Waals surface area contributed by atoms with Gasteiger partial charge in [-0.3, -0.25) is 4.99 Å². The van der Waals surface area contributed by atoms with Gasteiger partial charge >= 0.3 is 0 Å². The van der Waals surface area contributed by atoms with Crippen LogP contribution in [0.15, 0.2) is 9.52 Å². The van der Waals surface area contributed by atoms with Gasteiger partial charge in [0.15, 0.2) is 5.96 Å². The Kier molecular flexibility index (Phi) is 6.35. The van der Waals surface area contributed by atoms with Gasteiger partial charge in [-0.2, -0.15) is 0 Å². The van der Waals surface area contributed by atoms with E-state index in [-0.39, 0.29) is 6.04 Å².